The van der Waals surface area contributed by atoms with Gasteiger partial charge in [0.25, 0.3) is 0 Å². The number of fused-ring (bicyclic) bond motifs is 1. The lowest BCUT2D eigenvalue weighted by atomic mass is 10.2. The minimum absolute atomic E-state index is 0.179. The van der Waals surface area contributed by atoms with E-state index in [2.05, 4.69) is 39.8 Å². The number of imidazole rings is 1. The lowest BCUT2D eigenvalue weighted by molar-refractivity contribution is -0.0410. The molecule has 23 heavy (non-hydrogen) atoms. The summed E-state index contributed by atoms with van der Waals surface area (Å²) in [7, 11) is 2.09. The Morgan fingerprint density at radius 3 is 3.00 bits per heavy atom. The largest absolute Gasteiger partial charge is 0.374 e. The summed E-state index contributed by atoms with van der Waals surface area (Å²) >= 11 is 0. The van der Waals surface area contributed by atoms with Crippen molar-refractivity contribution >= 4 is 11.0 Å². The lowest BCUT2D eigenvalue weighted by Crippen LogP contribution is -2.44. The lowest BCUT2D eigenvalue weighted by Gasteiger charge is -2.32. The third kappa shape index (κ3) is 3.00. The van der Waals surface area contributed by atoms with Gasteiger partial charge in [-0.3, -0.25) is 9.58 Å². The van der Waals surface area contributed by atoms with Crippen LogP contribution in [-0.2, 0) is 24.9 Å². The van der Waals surface area contributed by atoms with Crippen LogP contribution in [0.2, 0.25) is 0 Å². The maximum absolute atomic E-state index is 5.88. The summed E-state index contributed by atoms with van der Waals surface area (Å²) in [5, 5.41) is 4.26. The smallest absolute Gasteiger partial charge is 0.123 e. The van der Waals surface area contributed by atoms with Crippen LogP contribution in [0, 0.1) is 0 Å². The molecule has 1 saturated heterocycles. The molecule has 0 spiro atoms. The van der Waals surface area contributed by atoms with Gasteiger partial charge in [-0.25, -0.2) is 4.98 Å². The zero-order valence-electron chi connectivity index (χ0n) is 13.3. The second kappa shape index (κ2) is 6.14. The van der Waals surface area contributed by atoms with E-state index in [1.54, 1.807) is 6.20 Å². The van der Waals surface area contributed by atoms with Crippen LogP contribution in [0.3, 0.4) is 0 Å². The molecular weight excluding hydrogens is 290 g/mol. The molecule has 0 amide bonds. The van der Waals surface area contributed by atoms with Crippen molar-refractivity contribution in [3.8, 4) is 0 Å². The Hall–Kier alpha value is -2.18. The van der Waals surface area contributed by atoms with Crippen LogP contribution in [0.25, 0.3) is 11.0 Å². The van der Waals surface area contributed by atoms with Crippen molar-refractivity contribution in [2.24, 2.45) is 7.05 Å². The van der Waals surface area contributed by atoms with Gasteiger partial charge in [0.15, 0.2) is 0 Å². The molecule has 1 fully saturated rings. The fraction of sp³-hybridized carbons (Fsp3) is 0.412. The first kappa shape index (κ1) is 14.4. The van der Waals surface area contributed by atoms with Gasteiger partial charge in [-0.15, -0.1) is 0 Å². The molecule has 120 valence electrons. The molecule has 2 aromatic heterocycles. The van der Waals surface area contributed by atoms with E-state index < -0.39 is 0 Å². The topological polar surface area (TPSA) is 48.1 Å². The fourth-order valence-corrected chi connectivity index (χ4v) is 3.19. The van der Waals surface area contributed by atoms with Crippen LogP contribution >= 0.6 is 0 Å². The molecule has 6 nitrogen and oxygen atoms in total. The van der Waals surface area contributed by atoms with Crippen molar-refractivity contribution in [3.63, 3.8) is 0 Å². The fourth-order valence-electron chi connectivity index (χ4n) is 3.19. The standard InChI is InChI=1S/C17H21N5O/c1-20-16-6-3-2-5-15(16)19-17(20)13-21-9-10-23-14(11-21)12-22-8-4-7-18-22/h2-8,14H,9-13H2,1H3. The maximum Gasteiger partial charge on any atom is 0.123 e. The summed E-state index contributed by atoms with van der Waals surface area (Å²) in [6.07, 6.45) is 3.96. The SMILES string of the molecule is Cn1c(CN2CCOC(Cn3cccn3)C2)nc2ccccc21. The Morgan fingerprint density at radius 2 is 2.17 bits per heavy atom. The van der Waals surface area contributed by atoms with Gasteiger partial charge in [-0.2, -0.15) is 5.10 Å². The van der Waals surface area contributed by atoms with E-state index in [1.807, 2.05) is 23.0 Å². The van der Waals surface area contributed by atoms with E-state index in [4.69, 9.17) is 9.72 Å². The molecule has 1 unspecified atom stereocenters. The van der Waals surface area contributed by atoms with Gasteiger partial charge in [0.05, 0.1) is 36.8 Å². The molecule has 4 rings (SSSR count). The molecular formula is C17H21N5O. The quantitative estimate of drug-likeness (QED) is 0.735. The third-order valence-electron chi connectivity index (χ3n) is 4.42. The molecule has 0 bridgehead atoms. The number of rotatable bonds is 4. The van der Waals surface area contributed by atoms with E-state index in [-0.39, 0.29) is 6.10 Å². The molecule has 1 aliphatic rings. The summed E-state index contributed by atoms with van der Waals surface area (Å²) < 4.78 is 10.0. The summed E-state index contributed by atoms with van der Waals surface area (Å²) in [5.74, 6) is 1.10. The predicted molar refractivity (Wildman–Crippen MR) is 88.0 cm³/mol. The molecule has 0 aliphatic carbocycles. The Bertz CT molecular complexity index is 779. The van der Waals surface area contributed by atoms with Crippen molar-refractivity contribution in [1.82, 2.24) is 24.2 Å². The maximum atomic E-state index is 5.88. The average molecular weight is 311 g/mol. The summed E-state index contributed by atoms with van der Waals surface area (Å²) in [4.78, 5) is 7.19. The summed E-state index contributed by atoms with van der Waals surface area (Å²) in [6.45, 7) is 4.26. The zero-order valence-corrected chi connectivity index (χ0v) is 13.3. The number of hydrogen-bond donors (Lipinski definition) is 0. The van der Waals surface area contributed by atoms with Crippen molar-refractivity contribution in [2.75, 3.05) is 19.7 Å². The zero-order chi connectivity index (χ0) is 15.6. The summed E-state index contributed by atoms with van der Waals surface area (Å²) in [6, 6.07) is 10.2. The molecule has 0 N–H and O–H groups in total. The first-order valence-corrected chi connectivity index (χ1v) is 8.01. The van der Waals surface area contributed by atoms with Crippen molar-refractivity contribution in [2.45, 2.75) is 19.2 Å². The molecule has 3 aromatic rings. The molecule has 0 radical (unpaired) electrons. The Kier molecular flexibility index (Phi) is 3.85. The van der Waals surface area contributed by atoms with Crippen LogP contribution < -0.4 is 0 Å². The van der Waals surface area contributed by atoms with Gasteiger partial charge >= 0.3 is 0 Å². The monoisotopic (exact) mass is 311 g/mol. The van der Waals surface area contributed by atoms with Crippen LogP contribution in [0.5, 0.6) is 0 Å². The van der Waals surface area contributed by atoms with Crippen molar-refractivity contribution < 1.29 is 4.74 Å². The number of aryl methyl sites for hydroxylation is 1. The van der Waals surface area contributed by atoms with Crippen molar-refractivity contribution in [3.05, 3.63) is 48.5 Å². The Labute approximate surface area is 135 Å². The second-order valence-electron chi connectivity index (χ2n) is 6.03. The van der Waals surface area contributed by atoms with E-state index >= 15 is 0 Å². The molecule has 6 heteroatoms. The van der Waals surface area contributed by atoms with Crippen LogP contribution in [-0.4, -0.2) is 50.0 Å². The molecule has 1 atom stereocenters. The number of hydrogen-bond acceptors (Lipinski definition) is 4. The van der Waals surface area contributed by atoms with Gasteiger partial charge in [0.2, 0.25) is 0 Å². The Morgan fingerprint density at radius 1 is 1.26 bits per heavy atom. The number of morpholine rings is 1. The van der Waals surface area contributed by atoms with Gasteiger partial charge in [-0.05, 0) is 18.2 Å². The van der Waals surface area contributed by atoms with Gasteiger partial charge in [-0.1, -0.05) is 12.1 Å². The van der Waals surface area contributed by atoms with Gasteiger partial charge in [0, 0.05) is 32.5 Å². The van der Waals surface area contributed by atoms with Gasteiger partial charge in [0.1, 0.15) is 5.82 Å². The molecule has 1 aromatic carbocycles. The number of nitrogens with zero attached hydrogens (tertiary/aromatic N) is 5. The Balaban J connectivity index is 1.46. The normalized spacial score (nSPS) is 19.4. The number of para-hydroxylation sites is 2. The van der Waals surface area contributed by atoms with E-state index in [9.17, 15) is 0 Å². The van der Waals surface area contributed by atoms with E-state index in [1.165, 1.54) is 5.52 Å². The highest BCUT2D eigenvalue weighted by Gasteiger charge is 2.22. The average Bonchev–Trinajstić information content (AvgIpc) is 3.17. The number of benzene rings is 1. The first-order valence-electron chi connectivity index (χ1n) is 8.01. The first-order chi connectivity index (χ1) is 11.3. The highest BCUT2D eigenvalue weighted by Crippen LogP contribution is 2.17. The van der Waals surface area contributed by atoms with Crippen LogP contribution in [0.15, 0.2) is 42.7 Å². The highest BCUT2D eigenvalue weighted by atomic mass is 16.5. The van der Waals surface area contributed by atoms with E-state index in [0.29, 0.717) is 0 Å². The minimum atomic E-state index is 0.179. The van der Waals surface area contributed by atoms with Crippen LogP contribution in [0.4, 0.5) is 0 Å². The molecule has 1 aliphatic heterocycles. The van der Waals surface area contributed by atoms with Crippen LogP contribution in [0.1, 0.15) is 5.82 Å². The highest BCUT2D eigenvalue weighted by molar-refractivity contribution is 5.75. The van der Waals surface area contributed by atoms with Gasteiger partial charge < -0.3 is 9.30 Å². The van der Waals surface area contributed by atoms with Crippen molar-refractivity contribution in [1.29, 1.82) is 0 Å². The predicted octanol–water partition coefficient (Wildman–Crippen LogP) is 1.67. The molecule has 0 saturated carbocycles. The van der Waals surface area contributed by atoms with E-state index in [0.717, 1.165) is 44.1 Å². The minimum Gasteiger partial charge on any atom is -0.374 e. The second-order valence-corrected chi connectivity index (χ2v) is 6.03. The third-order valence-corrected chi connectivity index (χ3v) is 4.42. The molecule has 3 heterocycles. The number of aromatic nitrogens is 4. The summed E-state index contributed by atoms with van der Waals surface area (Å²) in [5.41, 5.74) is 2.25. The number of ether oxygens (including phenoxy) is 1.